The number of rotatable bonds is 4. The third kappa shape index (κ3) is 6.28. The van der Waals surface area contributed by atoms with Gasteiger partial charge in [0, 0.05) is 0 Å². The molecule has 3 heteroatoms. The molecule has 0 spiro atoms. The number of thiocarbonyl (C=S) groups is 1. The van der Waals surface area contributed by atoms with Crippen LogP contribution in [0.2, 0.25) is 0 Å². The van der Waals surface area contributed by atoms with Crippen LogP contribution in [0.3, 0.4) is 0 Å². The summed E-state index contributed by atoms with van der Waals surface area (Å²) in [6, 6.07) is 0. The van der Waals surface area contributed by atoms with Crippen molar-refractivity contribution in [3.8, 4) is 0 Å². The van der Waals surface area contributed by atoms with Crippen LogP contribution in [-0.4, -0.2) is 15.2 Å². The zero-order valence-electron chi connectivity index (χ0n) is 5.59. The van der Waals surface area contributed by atoms with Crippen LogP contribution < -0.4 is 0 Å². The van der Waals surface area contributed by atoms with Crippen LogP contribution in [0, 0.1) is 0 Å². The van der Waals surface area contributed by atoms with Crippen molar-refractivity contribution in [2.75, 3.05) is 5.94 Å². The van der Waals surface area contributed by atoms with Crippen molar-refractivity contribution >= 4 is 28.2 Å². The SMILES string of the molecule is CCCCC(=S)SCO. The molecule has 0 fully saturated rings. The largest absolute Gasteiger partial charge is 0.385 e. The van der Waals surface area contributed by atoms with Gasteiger partial charge >= 0.3 is 0 Å². The zero-order valence-corrected chi connectivity index (χ0v) is 7.23. The Labute approximate surface area is 65.8 Å². The van der Waals surface area contributed by atoms with Gasteiger partial charge in [0.2, 0.25) is 0 Å². The smallest absolute Gasteiger partial charge is 0.0937 e. The molecule has 0 aliphatic carbocycles. The van der Waals surface area contributed by atoms with Crippen LogP contribution in [0.15, 0.2) is 0 Å². The van der Waals surface area contributed by atoms with E-state index < -0.39 is 0 Å². The minimum Gasteiger partial charge on any atom is -0.385 e. The number of unbranched alkanes of at least 4 members (excludes halogenated alkanes) is 1. The van der Waals surface area contributed by atoms with E-state index in [-0.39, 0.29) is 5.94 Å². The molecule has 0 saturated heterocycles. The third-order valence-corrected chi connectivity index (χ3v) is 2.17. The lowest BCUT2D eigenvalue weighted by Gasteiger charge is -1.96. The van der Waals surface area contributed by atoms with Crippen molar-refractivity contribution in [1.82, 2.24) is 0 Å². The van der Waals surface area contributed by atoms with Gasteiger partial charge in [-0.2, -0.15) is 0 Å². The molecule has 0 saturated carbocycles. The molecule has 9 heavy (non-hydrogen) atoms. The van der Waals surface area contributed by atoms with Gasteiger partial charge in [-0.15, -0.1) is 0 Å². The summed E-state index contributed by atoms with van der Waals surface area (Å²) in [5, 5.41) is 8.41. The molecule has 0 rings (SSSR count). The van der Waals surface area contributed by atoms with Crippen molar-refractivity contribution in [3.05, 3.63) is 0 Å². The van der Waals surface area contributed by atoms with Gasteiger partial charge in [0.1, 0.15) is 0 Å². The molecule has 0 unspecified atom stereocenters. The fourth-order valence-electron chi connectivity index (χ4n) is 0.465. The van der Waals surface area contributed by atoms with E-state index in [1.807, 2.05) is 0 Å². The molecule has 0 bridgehead atoms. The van der Waals surface area contributed by atoms with E-state index in [9.17, 15) is 0 Å². The average molecular weight is 164 g/mol. The fraction of sp³-hybridized carbons (Fsp3) is 0.833. The Balaban J connectivity index is 3.06. The standard InChI is InChI=1S/C6H12OS2/c1-2-3-4-6(8)9-5-7/h7H,2-5H2,1H3. The Morgan fingerprint density at radius 2 is 2.33 bits per heavy atom. The van der Waals surface area contributed by atoms with Crippen molar-refractivity contribution in [3.63, 3.8) is 0 Å². The predicted molar refractivity (Wildman–Crippen MR) is 46.8 cm³/mol. The fourth-order valence-corrected chi connectivity index (χ4v) is 1.20. The lowest BCUT2D eigenvalue weighted by atomic mass is 10.3. The van der Waals surface area contributed by atoms with Crippen molar-refractivity contribution in [2.24, 2.45) is 0 Å². The normalized spacial score (nSPS) is 9.56. The summed E-state index contributed by atoms with van der Waals surface area (Å²) in [4.78, 5) is 0. The number of aliphatic hydroxyl groups is 1. The second-order valence-corrected chi connectivity index (χ2v) is 3.54. The Kier molecular flexibility index (Phi) is 6.81. The van der Waals surface area contributed by atoms with Gasteiger partial charge in [-0.1, -0.05) is 37.3 Å². The second-order valence-electron chi connectivity index (χ2n) is 1.75. The second kappa shape index (κ2) is 6.52. The predicted octanol–water partition coefficient (Wildman–Crippen LogP) is 2.19. The Morgan fingerprint density at radius 3 is 2.78 bits per heavy atom. The molecule has 0 aromatic heterocycles. The minimum atomic E-state index is 0.128. The molecule has 0 aliphatic heterocycles. The Hall–Kier alpha value is 0.400. The maximum atomic E-state index is 8.41. The zero-order chi connectivity index (χ0) is 7.11. The third-order valence-electron chi connectivity index (χ3n) is 0.960. The molecule has 0 aliphatic rings. The molecule has 1 N–H and O–H groups in total. The molecule has 0 radical (unpaired) electrons. The minimum absolute atomic E-state index is 0.128. The molecular weight excluding hydrogens is 152 g/mol. The van der Waals surface area contributed by atoms with Crippen LogP contribution in [0.4, 0.5) is 0 Å². The maximum Gasteiger partial charge on any atom is 0.0937 e. The highest BCUT2D eigenvalue weighted by molar-refractivity contribution is 8.22. The number of hydrogen-bond acceptors (Lipinski definition) is 3. The van der Waals surface area contributed by atoms with E-state index in [1.54, 1.807) is 0 Å². The number of thioether (sulfide) groups is 1. The molecule has 1 nitrogen and oxygen atoms in total. The molecule has 0 atom stereocenters. The lowest BCUT2D eigenvalue weighted by molar-refractivity contribution is 0.376. The molecule has 0 aromatic carbocycles. The molecule has 0 heterocycles. The lowest BCUT2D eigenvalue weighted by Crippen LogP contribution is -1.88. The molecule has 0 amide bonds. The van der Waals surface area contributed by atoms with Gasteiger partial charge in [-0.25, -0.2) is 0 Å². The van der Waals surface area contributed by atoms with E-state index >= 15 is 0 Å². The Morgan fingerprint density at radius 1 is 1.67 bits per heavy atom. The maximum absolute atomic E-state index is 8.41. The highest BCUT2D eigenvalue weighted by atomic mass is 32.2. The summed E-state index contributed by atoms with van der Waals surface area (Å²) in [6.45, 7) is 2.13. The first kappa shape index (κ1) is 9.40. The molecule has 0 aromatic rings. The van der Waals surface area contributed by atoms with Crippen molar-refractivity contribution in [2.45, 2.75) is 26.2 Å². The van der Waals surface area contributed by atoms with Crippen LogP contribution >= 0.6 is 24.0 Å². The molecular formula is C6H12OS2. The highest BCUT2D eigenvalue weighted by Gasteiger charge is 1.93. The topological polar surface area (TPSA) is 20.2 Å². The molecule has 54 valence electrons. The van der Waals surface area contributed by atoms with Gasteiger partial charge in [0.15, 0.2) is 0 Å². The van der Waals surface area contributed by atoms with E-state index in [1.165, 1.54) is 18.2 Å². The first-order valence-electron chi connectivity index (χ1n) is 3.07. The average Bonchev–Trinajstić information content (AvgIpc) is 1.85. The quantitative estimate of drug-likeness (QED) is 0.508. The van der Waals surface area contributed by atoms with Gasteiger partial charge in [0.05, 0.1) is 10.1 Å². The van der Waals surface area contributed by atoms with E-state index in [4.69, 9.17) is 17.3 Å². The van der Waals surface area contributed by atoms with Gasteiger partial charge in [-0.3, -0.25) is 0 Å². The van der Waals surface area contributed by atoms with Crippen LogP contribution in [-0.2, 0) is 0 Å². The van der Waals surface area contributed by atoms with Gasteiger partial charge in [-0.05, 0) is 12.8 Å². The summed E-state index contributed by atoms with van der Waals surface area (Å²) < 4.78 is 0.930. The summed E-state index contributed by atoms with van der Waals surface area (Å²) in [5.74, 6) is 0.128. The highest BCUT2D eigenvalue weighted by Crippen LogP contribution is 2.08. The van der Waals surface area contributed by atoms with Crippen LogP contribution in [0.25, 0.3) is 0 Å². The first-order valence-corrected chi connectivity index (χ1v) is 4.47. The van der Waals surface area contributed by atoms with Crippen LogP contribution in [0.5, 0.6) is 0 Å². The van der Waals surface area contributed by atoms with Gasteiger partial charge in [0.25, 0.3) is 0 Å². The number of hydrogen-bond donors (Lipinski definition) is 1. The van der Waals surface area contributed by atoms with Gasteiger partial charge < -0.3 is 5.11 Å². The van der Waals surface area contributed by atoms with Crippen molar-refractivity contribution < 1.29 is 5.11 Å². The van der Waals surface area contributed by atoms with Crippen LogP contribution in [0.1, 0.15) is 26.2 Å². The first-order chi connectivity index (χ1) is 4.31. The van der Waals surface area contributed by atoms with Crippen molar-refractivity contribution in [1.29, 1.82) is 0 Å². The monoisotopic (exact) mass is 164 g/mol. The van der Waals surface area contributed by atoms with E-state index in [2.05, 4.69) is 6.92 Å². The summed E-state index contributed by atoms with van der Waals surface area (Å²) in [5.41, 5.74) is 0. The summed E-state index contributed by atoms with van der Waals surface area (Å²) in [7, 11) is 0. The number of aliphatic hydroxyl groups excluding tert-OH is 1. The summed E-state index contributed by atoms with van der Waals surface area (Å²) in [6.07, 6.45) is 3.29. The van der Waals surface area contributed by atoms with E-state index in [0.29, 0.717) is 0 Å². The van der Waals surface area contributed by atoms with E-state index in [0.717, 1.165) is 17.0 Å². The Bertz CT molecular complexity index is 83.1. The summed E-state index contributed by atoms with van der Waals surface area (Å²) >= 11 is 6.28.